The van der Waals surface area contributed by atoms with Crippen LogP contribution in [0.1, 0.15) is 19.3 Å². The number of fused-ring (bicyclic) bond motifs is 1. The van der Waals surface area contributed by atoms with Crippen molar-refractivity contribution in [3.8, 4) is 0 Å². The summed E-state index contributed by atoms with van der Waals surface area (Å²) in [5, 5.41) is 2.85. The Balaban J connectivity index is 1.51. The van der Waals surface area contributed by atoms with Crippen molar-refractivity contribution in [1.82, 2.24) is 14.9 Å². The summed E-state index contributed by atoms with van der Waals surface area (Å²) in [6, 6.07) is 7.36. The van der Waals surface area contributed by atoms with Gasteiger partial charge in [0.15, 0.2) is 0 Å². The van der Waals surface area contributed by atoms with Gasteiger partial charge in [0.25, 0.3) is 0 Å². The molecule has 0 unspecified atom stereocenters. The Hall–Kier alpha value is -2.09. The normalized spacial score (nSPS) is 17.8. The van der Waals surface area contributed by atoms with Crippen LogP contribution in [0.3, 0.4) is 0 Å². The third-order valence-corrected chi connectivity index (χ3v) is 6.22. The van der Waals surface area contributed by atoms with Crippen molar-refractivity contribution in [2.24, 2.45) is 5.92 Å². The zero-order valence-electron chi connectivity index (χ0n) is 13.3. The predicted molar refractivity (Wildman–Crippen MR) is 91.6 cm³/mol. The summed E-state index contributed by atoms with van der Waals surface area (Å²) in [5.41, 5.74) is 1.32. The molecule has 0 aliphatic carbocycles. The number of benzene rings is 1. The lowest BCUT2D eigenvalue weighted by atomic mass is 10.0. The SMILES string of the molecule is O=C(CCn1c(=O)[nH]c2ccccc21)NCC1CCS(=O)(=O)CC1. The Morgan fingerprint density at radius 1 is 1.25 bits per heavy atom. The van der Waals surface area contributed by atoms with Gasteiger partial charge in [-0.25, -0.2) is 13.2 Å². The van der Waals surface area contributed by atoms with Crippen LogP contribution in [0.15, 0.2) is 29.1 Å². The molecule has 1 fully saturated rings. The van der Waals surface area contributed by atoms with Crippen LogP contribution >= 0.6 is 0 Å². The number of aromatic nitrogens is 2. The van der Waals surface area contributed by atoms with Crippen molar-refractivity contribution < 1.29 is 13.2 Å². The molecule has 0 spiro atoms. The first-order valence-corrected chi connectivity index (χ1v) is 9.91. The molecule has 3 rings (SSSR count). The van der Waals surface area contributed by atoms with Crippen molar-refractivity contribution >= 4 is 26.8 Å². The molecule has 1 saturated heterocycles. The Kier molecular flexibility index (Phi) is 4.75. The number of imidazole rings is 1. The minimum atomic E-state index is -2.87. The van der Waals surface area contributed by atoms with E-state index in [1.165, 1.54) is 0 Å². The van der Waals surface area contributed by atoms with E-state index < -0.39 is 9.84 Å². The van der Waals surface area contributed by atoms with Crippen molar-refractivity contribution in [2.45, 2.75) is 25.8 Å². The molecule has 7 nitrogen and oxygen atoms in total. The second-order valence-corrected chi connectivity index (χ2v) is 8.55. The molecular weight excluding hydrogens is 330 g/mol. The van der Waals surface area contributed by atoms with Gasteiger partial charge in [0.05, 0.1) is 22.5 Å². The lowest BCUT2D eigenvalue weighted by Crippen LogP contribution is -2.34. The maximum Gasteiger partial charge on any atom is 0.326 e. The molecule has 1 amide bonds. The number of hydrogen-bond acceptors (Lipinski definition) is 4. The number of para-hydroxylation sites is 2. The maximum atomic E-state index is 12.0. The summed E-state index contributed by atoms with van der Waals surface area (Å²) in [7, 11) is -2.87. The first-order chi connectivity index (χ1) is 11.4. The standard InChI is InChI=1S/C16H21N3O4S/c20-15(17-11-12-6-9-24(22,23)10-7-12)5-8-19-14-4-2-1-3-13(14)18-16(19)21/h1-4,12H,5-11H2,(H,17,20)(H,18,21). The van der Waals surface area contributed by atoms with Crippen LogP contribution < -0.4 is 11.0 Å². The number of H-pyrrole nitrogens is 1. The Morgan fingerprint density at radius 2 is 1.96 bits per heavy atom. The molecule has 1 aromatic carbocycles. The average Bonchev–Trinajstić information content (AvgIpc) is 2.87. The maximum absolute atomic E-state index is 12.0. The number of nitrogens with one attached hydrogen (secondary N) is 2. The van der Waals surface area contributed by atoms with Crippen LogP contribution in [-0.2, 0) is 21.2 Å². The first-order valence-electron chi connectivity index (χ1n) is 8.09. The van der Waals surface area contributed by atoms with Crippen molar-refractivity contribution in [1.29, 1.82) is 0 Å². The van der Waals surface area contributed by atoms with Gasteiger partial charge in [-0.1, -0.05) is 12.1 Å². The van der Waals surface area contributed by atoms with Gasteiger partial charge in [0.1, 0.15) is 9.84 Å². The number of carbonyl (C=O) groups excluding carboxylic acids is 1. The van der Waals surface area contributed by atoms with E-state index in [0.29, 0.717) is 25.9 Å². The number of carbonyl (C=O) groups is 1. The highest BCUT2D eigenvalue weighted by Crippen LogP contribution is 2.18. The summed E-state index contributed by atoms with van der Waals surface area (Å²) >= 11 is 0. The fraction of sp³-hybridized carbons (Fsp3) is 0.500. The van der Waals surface area contributed by atoms with Crippen LogP contribution in [0, 0.1) is 5.92 Å². The Morgan fingerprint density at radius 3 is 2.71 bits per heavy atom. The second-order valence-electron chi connectivity index (χ2n) is 6.25. The van der Waals surface area contributed by atoms with Crippen molar-refractivity contribution in [3.63, 3.8) is 0 Å². The van der Waals surface area contributed by atoms with E-state index in [-0.39, 0.29) is 35.4 Å². The fourth-order valence-corrected chi connectivity index (χ4v) is 4.62. The Bertz CT molecular complexity index is 883. The fourth-order valence-electron chi connectivity index (χ4n) is 3.03. The van der Waals surface area contributed by atoms with Gasteiger partial charge in [-0.05, 0) is 30.9 Å². The highest BCUT2D eigenvalue weighted by molar-refractivity contribution is 7.91. The first kappa shape index (κ1) is 16.8. The number of rotatable bonds is 5. The van der Waals surface area contributed by atoms with E-state index in [1.807, 2.05) is 24.3 Å². The molecule has 0 saturated carbocycles. The van der Waals surface area contributed by atoms with Gasteiger partial charge >= 0.3 is 5.69 Å². The van der Waals surface area contributed by atoms with Crippen molar-refractivity contribution in [3.05, 3.63) is 34.7 Å². The molecule has 8 heteroatoms. The molecule has 1 aliphatic heterocycles. The van der Waals surface area contributed by atoms with Crippen molar-refractivity contribution in [2.75, 3.05) is 18.1 Å². The third-order valence-electron chi connectivity index (χ3n) is 4.51. The van der Waals surface area contributed by atoms with Gasteiger partial charge < -0.3 is 10.3 Å². The quantitative estimate of drug-likeness (QED) is 0.826. The largest absolute Gasteiger partial charge is 0.356 e. The van der Waals surface area contributed by atoms with Gasteiger partial charge in [0.2, 0.25) is 5.91 Å². The van der Waals surface area contributed by atoms with Crippen LogP contribution in [0.5, 0.6) is 0 Å². The number of amides is 1. The zero-order valence-corrected chi connectivity index (χ0v) is 14.1. The van der Waals surface area contributed by atoms with E-state index in [9.17, 15) is 18.0 Å². The molecule has 2 N–H and O–H groups in total. The molecular formula is C16H21N3O4S. The number of aromatic amines is 1. The molecule has 0 bridgehead atoms. The number of nitrogens with zero attached hydrogens (tertiary/aromatic N) is 1. The summed E-state index contributed by atoms with van der Waals surface area (Å²) in [6.45, 7) is 0.810. The molecule has 2 aromatic rings. The number of hydrogen-bond donors (Lipinski definition) is 2. The van der Waals surface area contributed by atoms with Gasteiger partial charge in [-0.2, -0.15) is 0 Å². The van der Waals surface area contributed by atoms with E-state index >= 15 is 0 Å². The predicted octanol–water partition coefficient (Wildman–Crippen LogP) is 0.661. The zero-order chi connectivity index (χ0) is 17.2. The molecule has 0 radical (unpaired) electrons. The van der Waals surface area contributed by atoms with Crippen LogP contribution in [0.25, 0.3) is 11.0 Å². The summed E-state index contributed by atoms with van der Waals surface area (Å²) in [4.78, 5) is 26.7. The number of aryl methyl sites for hydroxylation is 1. The van der Waals surface area contributed by atoms with Crippen LogP contribution in [0.2, 0.25) is 0 Å². The smallest absolute Gasteiger partial charge is 0.326 e. The lowest BCUT2D eigenvalue weighted by Gasteiger charge is -2.22. The number of sulfone groups is 1. The minimum absolute atomic E-state index is 0.124. The van der Waals surface area contributed by atoms with E-state index in [4.69, 9.17) is 0 Å². The minimum Gasteiger partial charge on any atom is -0.356 e. The topological polar surface area (TPSA) is 101 Å². The van der Waals surface area contributed by atoms with E-state index in [0.717, 1.165) is 11.0 Å². The van der Waals surface area contributed by atoms with Gasteiger partial charge in [-0.15, -0.1) is 0 Å². The Labute approximate surface area is 140 Å². The molecule has 1 aliphatic rings. The van der Waals surface area contributed by atoms with E-state index in [2.05, 4.69) is 10.3 Å². The van der Waals surface area contributed by atoms with Crippen LogP contribution in [-0.4, -0.2) is 41.9 Å². The van der Waals surface area contributed by atoms with Gasteiger partial charge in [-0.3, -0.25) is 9.36 Å². The summed E-state index contributed by atoms with van der Waals surface area (Å²) < 4.78 is 24.3. The molecule has 130 valence electrons. The summed E-state index contributed by atoms with van der Waals surface area (Å²) in [5.74, 6) is 0.505. The van der Waals surface area contributed by atoms with Crippen LogP contribution in [0.4, 0.5) is 0 Å². The lowest BCUT2D eigenvalue weighted by molar-refractivity contribution is -0.121. The molecule has 24 heavy (non-hydrogen) atoms. The average molecular weight is 351 g/mol. The second kappa shape index (κ2) is 6.80. The highest BCUT2D eigenvalue weighted by atomic mass is 32.2. The summed E-state index contributed by atoms with van der Waals surface area (Å²) in [6.07, 6.45) is 1.42. The molecule has 1 aromatic heterocycles. The molecule has 2 heterocycles. The molecule has 0 atom stereocenters. The monoisotopic (exact) mass is 351 g/mol. The third kappa shape index (κ3) is 3.87. The van der Waals surface area contributed by atoms with Gasteiger partial charge in [0, 0.05) is 19.5 Å². The highest BCUT2D eigenvalue weighted by Gasteiger charge is 2.23. The van der Waals surface area contributed by atoms with E-state index in [1.54, 1.807) is 4.57 Å².